The van der Waals surface area contributed by atoms with Crippen molar-refractivity contribution < 1.29 is 14.3 Å². The lowest BCUT2D eigenvalue weighted by Crippen LogP contribution is -2.50. The molecule has 7 heteroatoms. The number of benzene rings is 2. The maximum atomic E-state index is 12.5. The number of hydrogen-bond donors (Lipinski definition) is 1. The largest absolute Gasteiger partial charge is 0.368 e. The molecule has 1 aliphatic heterocycles. The molecule has 6 nitrogen and oxygen atoms in total. The predicted octanol–water partition coefficient (Wildman–Crippen LogP) is 3.20. The van der Waals surface area contributed by atoms with E-state index >= 15 is 0 Å². The second-order valence-electron chi connectivity index (χ2n) is 8.05. The lowest BCUT2D eigenvalue weighted by molar-refractivity contribution is -0.138. The Balaban J connectivity index is 1.18. The number of amides is 2. The molecule has 1 heterocycles. The van der Waals surface area contributed by atoms with E-state index in [4.69, 9.17) is 16.3 Å². The molecule has 2 amide bonds. The third kappa shape index (κ3) is 5.57. The Bertz CT molecular complexity index is 928. The van der Waals surface area contributed by atoms with Crippen LogP contribution in [0.4, 0.5) is 5.69 Å². The van der Waals surface area contributed by atoms with Crippen molar-refractivity contribution in [3.05, 3.63) is 64.7 Å². The summed E-state index contributed by atoms with van der Waals surface area (Å²) >= 11 is 6.07. The van der Waals surface area contributed by atoms with Crippen LogP contribution in [0.25, 0.3) is 0 Å². The number of nitrogens with one attached hydrogen (secondary N) is 1. The number of carbonyl (C=O) groups excluding carboxylic acids is 2. The van der Waals surface area contributed by atoms with Gasteiger partial charge in [0.1, 0.15) is 13.2 Å². The SMILES string of the molecule is O=C(COCC(=O)N1CCN(c2cccc(Cl)c2)CC1)NC1CCCc2ccccc21. The average molecular weight is 442 g/mol. The average Bonchev–Trinajstić information content (AvgIpc) is 2.79. The van der Waals surface area contributed by atoms with Crippen molar-refractivity contribution in [3.8, 4) is 0 Å². The molecular formula is C24H28ClN3O3. The molecule has 1 atom stereocenters. The van der Waals surface area contributed by atoms with Gasteiger partial charge in [0.15, 0.2) is 0 Å². The van der Waals surface area contributed by atoms with Gasteiger partial charge in [0.05, 0.1) is 6.04 Å². The third-order valence-electron chi connectivity index (χ3n) is 5.97. The van der Waals surface area contributed by atoms with Gasteiger partial charge >= 0.3 is 0 Å². The van der Waals surface area contributed by atoms with Crippen molar-refractivity contribution in [1.29, 1.82) is 0 Å². The number of nitrogens with zero attached hydrogens (tertiary/aromatic N) is 2. The molecule has 0 bridgehead atoms. The van der Waals surface area contributed by atoms with E-state index in [2.05, 4.69) is 22.3 Å². The first kappa shape index (κ1) is 21.7. The van der Waals surface area contributed by atoms with Crippen LogP contribution >= 0.6 is 11.6 Å². The number of aryl methyl sites for hydroxylation is 1. The number of piperazine rings is 1. The topological polar surface area (TPSA) is 61.9 Å². The Morgan fingerprint density at radius 2 is 1.84 bits per heavy atom. The van der Waals surface area contributed by atoms with Crippen molar-refractivity contribution in [2.24, 2.45) is 0 Å². The molecule has 1 aliphatic carbocycles. The second kappa shape index (κ2) is 10.2. The van der Waals surface area contributed by atoms with Crippen LogP contribution in [-0.4, -0.2) is 56.1 Å². The number of halogens is 1. The number of carbonyl (C=O) groups is 2. The minimum Gasteiger partial charge on any atom is -0.368 e. The maximum absolute atomic E-state index is 12.5. The number of hydrogen-bond acceptors (Lipinski definition) is 4. The maximum Gasteiger partial charge on any atom is 0.248 e. The molecule has 0 saturated carbocycles. The molecule has 0 aromatic heterocycles. The molecule has 0 spiro atoms. The standard InChI is InChI=1S/C24H28ClN3O3/c25-19-7-4-8-20(15-19)27-11-13-28(14-12-27)24(30)17-31-16-23(29)26-22-10-3-6-18-5-1-2-9-21(18)22/h1-2,4-5,7-9,15,22H,3,6,10-14,16-17H2,(H,26,29). The van der Waals surface area contributed by atoms with E-state index in [1.807, 2.05) is 36.4 Å². The molecule has 0 radical (unpaired) electrons. The van der Waals surface area contributed by atoms with Crippen LogP contribution < -0.4 is 10.2 Å². The fourth-order valence-corrected chi connectivity index (χ4v) is 4.53. The lowest BCUT2D eigenvalue weighted by Gasteiger charge is -2.36. The van der Waals surface area contributed by atoms with Gasteiger partial charge in [-0.3, -0.25) is 9.59 Å². The first-order valence-corrected chi connectivity index (χ1v) is 11.2. The molecule has 1 unspecified atom stereocenters. The van der Waals surface area contributed by atoms with Gasteiger partial charge in [-0.25, -0.2) is 0 Å². The van der Waals surface area contributed by atoms with E-state index in [1.54, 1.807) is 4.90 Å². The summed E-state index contributed by atoms with van der Waals surface area (Å²) in [5, 5.41) is 3.76. The first-order valence-electron chi connectivity index (χ1n) is 10.8. The van der Waals surface area contributed by atoms with Gasteiger partial charge in [-0.2, -0.15) is 0 Å². The van der Waals surface area contributed by atoms with Crippen LogP contribution in [-0.2, 0) is 20.7 Å². The van der Waals surface area contributed by atoms with Crippen molar-refractivity contribution in [3.63, 3.8) is 0 Å². The number of ether oxygens (including phenoxy) is 1. The predicted molar refractivity (Wildman–Crippen MR) is 121 cm³/mol. The van der Waals surface area contributed by atoms with Crippen molar-refractivity contribution >= 4 is 29.1 Å². The Labute approximate surface area is 188 Å². The Morgan fingerprint density at radius 3 is 2.65 bits per heavy atom. The fourth-order valence-electron chi connectivity index (χ4n) is 4.35. The zero-order valence-electron chi connectivity index (χ0n) is 17.6. The summed E-state index contributed by atoms with van der Waals surface area (Å²) in [6.07, 6.45) is 3.04. The van der Waals surface area contributed by atoms with E-state index in [-0.39, 0.29) is 31.1 Å². The fraction of sp³-hybridized carbons (Fsp3) is 0.417. The third-order valence-corrected chi connectivity index (χ3v) is 6.20. The minimum absolute atomic E-state index is 0.0244. The highest BCUT2D eigenvalue weighted by atomic mass is 35.5. The van der Waals surface area contributed by atoms with Gasteiger partial charge in [-0.1, -0.05) is 41.9 Å². The summed E-state index contributed by atoms with van der Waals surface area (Å²) < 4.78 is 5.43. The quantitative estimate of drug-likeness (QED) is 0.747. The van der Waals surface area contributed by atoms with Crippen molar-refractivity contribution in [2.45, 2.75) is 25.3 Å². The summed E-state index contributed by atoms with van der Waals surface area (Å²) in [4.78, 5) is 28.8. The molecule has 2 aliphatic rings. The van der Waals surface area contributed by atoms with E-state index in [1.165, 1.54) is 11.1 Å². The minimum atomic E-state index is -0.180. The molecule has 2 aromatic rings. The van der Waals surface area contributed by atoms with Crippen LogP contribution in [0.5, 0.6) is 0 Å². The van der Waals surface area contributed by atoms with Crippen LogP contribution in [0.2, 0.25) is 5.02 Å². The monoisotopic (exact) mass is 441 g/mol. The summed E-state index contributed by atoms with van der Waals surface area (Å²) in [7, 11) is 0. The molecule has 1 N–H and O–H groups in total. The van der Waals surface area contributed by atoms with Gasteiger partial charge in [0, 0.05) is 36.9 Å². The van der Waals surface area contributed by atoms with Gasteiger partial charge in [0.25, 0.3) is 0 Å². The zero-order chi connectivity index (χ0) is 21.6. The van der Waals surface area contributed by atoms with Gasteiger partial charge in [0.2, 0.25) is 11.8 Å². The van der Waals surface area contributed by atoms with Crippen LogP contribution in [0.1, 0.15) is 30.0 Å². The Morgan fingerprint density at radius 1 is 1.03 bits per heavy atom. The lowest BCUT2D eigenvalue weighted by atomic mass is 9.88. The zero-order valence-corrected chi connectivity index (χ0v) is 18.3. The Hall–Kier alpha value is -2.57. The number of rotatable bonds is 6. The summed E-state index contributed by atoms with van der Waals surface area (Å²) in [5.41, 5.74) is 3.56. The van der Waals surface area contributed by atoms with E-state index in [0.717, 1.165) is 38.0 Å². The molecule has 1 saturated heterocycles. The normalized spacial score (nSPS) is 18.4. The number of anilines is 1. The molecular weight excluding hydrogens is 414 g/mol. The summed E-state index contributed by atoms with van der Waals surface area (Å²) in [5.74, 6) is -0.262. The Kier molecular flexibility index (Phi) is 7.10. The highest BCUT2D eigenvalue weighted by Gasteiger charge is 2.23. The highest BCUT2D eigenvalue weighted by Crippen LogP contribution is 2.29. The molecule has 4 rings (SSSR count). The van der Waals surface area contributed by atoms with E-state index in [9.17, 15) is 9.59 Å². The van der Waals surface area contributed by atoms with Crippen molar-refractivity contribution in [2.75, 3.05) is 44.3 Å². The molecule has 2 aromatic carbocycles. The van der Waals surface area contributed by atoms with Gasteiger partial charge < -0.3 is 19.9 Å². The smallest absolute Gasteiger partial charge is 0.248 e. The highest BCUT2D eigenvalue weighted by molar-refractivity contribution is 6.30. The van der Waals surface area contributed by atoms with Crippen molar-refractivity contribution in [1.82, 2.24) is 10.2 Å². The first-order chi connectivity index (χ1) is 15.1. The summed E-state index contributed by atoms with van der Waals surface area (Å²) in [6.45, 7) is 2.56. The molecule has 1 fully saturated rings. The van der Waals surface area contributed by atoms with Crippen LogP contribution in [0, 0.1) is 0 Å². The van der Waals surface area contributed by atoms with Gasteiger partial charge in [-0.05, 0) is 48.6 Å². The summed E-state index contributed by atoms with van der Waals surface area (Å²) in [6, 6.07) is 16.0. The van der Waals surface area contributed by atoms with Crippen LogP contribution in [0.3, 0.4) is 0 Å². The van der Waals surface area contributed by atoms with Gasteiger partial charge in [-0.15, -0.1) is 0 Å². The van der Waals surface area contributed by atoms with E-state index < -0.39 is 0 Å². The molecule has 31 heavy (non-hydrogen) atoms. The molecule has 164 valence electrons. The number of fused-ring (bicyclic) bond motifs is 1. The van der Waals surface area contributed by atoms with E-state index in [0.29, 0.717) is 18.1 Å². The second-order valence-corrected chi connectivity index (χ2v) is 8.49. The van der Waals surface area contributed by atoms with Crippen LogP contribution in [0.15, 0.2) is 48.5 Å².